The highest BCUT2D eigenvalue weighted by molar-refractivity contribution is 6.30. The van der Waals surface area contributed by atoms with E-state index in [9.17, 15) is 4.79 Å². The summed E-state index contributed by atoms with van der Waals surface area (Å²) in [7, 11) is 1.60. The van der Waals surface area contributed by atoms with Gasteiger partial charge in [-0.05, 0) is 18.2 Å². The summed E-state index contributed by atoms with van der Waals surface area (Å²) in [5.41, 5.74) is 0.948. The zero-order valence-electron chi connectivity index (χ0n) is 8.66. The Morgan fingerprint density at radius 1 is 1.60 bits per heavy atom. The molecule has 4 heteroatoms. The lowest BCUT2D eigenvalue weighted by Gasteiger charge is -2.13. The molecule has 3 nitrogen and oxygen atoms in total. The smallest absolute Gasteiger partial charge is 0.234 e. The summed E-state index contributed by atoms with van der Waals surface area (Å²) in [6.45, 7) is 2.34. The lowest BCUT2D eigenvalue weighted by atomic mass is 10.0. The van der Waals surface area contributed by atoms with Gasteiger partial charge in [0.25, 0.3) is 0 Å². The molecule has 0 radical (unpaired) electrons. The molecule has 0 spiro atoms. The van der Waals surface area contributed by atoms with Crippen LogP contribution in [0.1, 0.15) is 18.4 Å². The molecular formula is C11H12ClNO2. The molecule has 0 bridgehead atoms. The van der Waals surface area contributed by atoms with Crippen molar-refractivity contribution in [3.8, 4) is 5.75 Å². The molecular weight excluding hydrogens is 214 g/mol. The van der Waals surface area contributed by atoms with Crippen molar-refractivity contribution in [1.29, 1.82) is 0 Å². The van der Waals surface area contributed by atoms with Crippen LogP contribution in [0.3, 0.4) is 0 Å². The summed E-state index contributed by atoms with van der Waals surface area (Å²) in [5, 5.41) is 0.646. The number of ether oxygens (including phenoxy) is 1. The molecule has 1 aromatic rings. The average molecular weight is 226 g/mol. The van der Waals surface area contributed by atoms with Crippen LogP contribution < -0.4 is 4.74 Å². The number of halogens is 1. The van der Waals surface area contributed by atoms with Crippen molar-refractivity contribution in [3.05, 3.63) is 28.8 Å². The number of methoxy groups -OCH3 is 1. The van der Waals surface area contributed by atoms with Crippen molar-refractivity contribution < 1.29 is 9.53 Å². The Morgan fingerprint density at radius 3 is 2.93 bits per heavy atom. The first kappa shape index (κ1) is 11.8. The second kappa shape index (κ2) is 5.54. The molecule has 80 valence electrons. The van der Waals surface area contributed by atoms with Gasteiger partial charge in [0.1, 0.15) is 5.75 Å². The van der Waals surface area contributed by atoms with E-state index in [0.29, 0.717) is 11.6 Å². The maximum atomic E-state index is 10.0. The van der Waals surface area contributed by atoms with Crippen LogP contribution in [0, 0.1) is 0 Å². The normalized spacial score (nSPS) is 11.7. The maximum absolute atomic E-state index is 10.0. The lowest BCUT2D eigenvalue weighted by Crippen LogP contribution is -2.00. The summed E-state index contributed by atoms with van der Waals surface area (Å²) in [5.74, 6) is 0.841. The molecule has 0 aliphatic carbocycles. The predicted octanol–water partition coefficient (Wildman–Crippen LogP) is 2.79. The van der Waals surface area contributed by atoms with E-state index in [1.807, 2.05) is 13.0 Å². The Labute approximate surface area is 93.7 Å². The third-order valence-electron chi connectivity index (χ3n) is 2.15. The van der Waals surface area contributed by atoms with Gasteiger partial charge in [-0.2, -0.15) is 0 Å². The van der Waals surface area contributed by atoms with Gasteiger partial charge >= 0.3 is 0 Å². The Hall–Kier alpha value is -1.31. The first-order chi connectivity index (χ1) is 7.19. The number of carbonyl (C=O) groups excluding carboxylic acids is 1. The zero-order chi connectivity index (χ0) is 11.3. The van der Waals surface area contributed by atoms with E-state index >= 15 is 0 Å². The lowest BCUT2D eigenvalue weighted by molar-refractivity contribution is 0.407. The maximum Gasteiger partial charge on any atom is 0.234 e. The number of rotatable bonds is 4. The minimum atomic E-state index is 0.0834. The van der Waals surface area contributed by atoms with Gasteiger partial charge in [0.15, 0.2) is 0 Å². The molecule has 0 saturated heterocycles. The molecule has 0 aromatic heterocycles. The van der Waals surface area contributed by atoms with Crippen molar-refractivity contribution >= 4 is 17.7 Å². The number of benzene rings is 1. The average Bonchev–Trinajstić information content (AvgIpc) is 2.25. The van der Waals surface area contributed by atoms with Gasteiger partial charge in [0.05, 0.1) is 13.7 Å². The van der Waals surface area contributed by atoms with E-state index in [4.69, 9.17) is 16.3 Å². The summed E-state index contributed by atoms with van der Waals surface area (Å²) >= 11 is 5.89. The van der Waals surface area contributed by atoms with Gasteiger partial charge in [-0.3, -0.25) is 0 Å². The third-order valence-corrected chi connectivity index (χ3v) is 2.39. The third kappa shape index (κ3) is 3.08. The number of hydrogen-bond acceptors (Lipinski definition) is 3. The molecule has 0 heterocycles. The minimum absolute atomic E-state index is 0.0834. The van der Waals surface area contributed by atoms with Crippen molar-refractivity contribution in [1.82, 2.24) is 0 Å². The van der Waals surface area contributed by atoms with Crippen LogP contribution in [0.5, 0.6) is 5.75 Å². The van der Waals surface area contributed by atoms with E-state index < -0.39 is 0 Å². The van der Waals surface area contributed by atoms with Gasteiger partial charge in [-0.15, -0.1) is 0 Å². The fourth-order valence-electron chi connectivity index (χ4n) is 1.36. The highest BCUT2D eigenvalue weighted by Gasteiger charge is 2.11. The SMILES string of the molecule is COc1ccc(Cl)cc1C(C)CN=C=O. The largest absolute Gasteiger partial charge is 0.496 e. The van der Waals surface area contributed by atoms with Crippen LogP contribution >= 0.6 is 11.6 Å². The molecule has 0 fully saturated rings. The van der Waals surface area contributed by atoms with Gasteiger partial charge in [0, 0.05) is 16.5 Å². The van der Waals surface area contributed by atoms with Crippen molar-refractivity contribution in [2.45, 2.75) is 12.8 Å². The molecule has 1 rings (SSSR count). The Bertz CT molecular complexity index is 386. The minimum Gasteiger partial charge on any atom is -0.496 e. The Balaban J connectivity index is 2.99. The Morgan fingerprint density at radius 2 is 2.33 bits per heavy atom. The van der Waals surface area contributed by atoms with Crippen molar-refractivity contribution in [2.24, 2.45) is 4.99 Å². The Kier molecular flexibility index (Phi) is 4.35. The van der Waals surface area contributed by atoms with E-state index in [2.05, 4.69) is 4.99 Å². The molecule has 1 atom stereocenters. The first-order valence-corrected chi connectivity index (χ1v) is 4.94. The summed E-state index contributed by atoms with van der Waals surface area (Å²) in [6, 6.07) is 5.39. The topological polar surface area (TPSA) is 38.7 Å². The summed E-state index contributed by atoms with van der Waals surface area (Å²) < 4.78 is 5.20. The molecule has 0 amide bonds. The summed E-state index contributed by atoms with van der Waals surface area (Å²) in [6.07, 6.45) is 1.52. The monoisotopic (exact) mass is 225 g/mol. The predicted molar refractivity (Wildman–Crippen MR) is 59.4 cm³/mol. The number of nitrogens with zero attached hydrogens (tertiary/aromatic N) is 1. The number of isocyanates is 1. The van der Waals surface area contributed by atoms with Crippen molar-refractivity contribution in [2.75, 3.05) is 13.7 Å². The molecule has 0 N–H and O–H groups in total. The van der Waals surface area contributed by atoms with Crippen LogP contribution in [-0.2, 0) is 4.79 Å². The first-order valence-electron chi connectivity index (χ1n) is 4.56. The highest BCUT2D eigenvalue weighted by atomic mass is 35.5. The molecule has 0 aliphatic rings. The summed E-state index contributed by atoms with van der Waals surface area (Å²) in [4.78, 5) is 13.6. The van der Waals surface area contributed by atoms with E-state index in [1.54, 1.807) is 19.2 Å². The van der Waals surface area contributed by atoms with Crippen LogP contribution in [-0.4, -0.2) is 19.7 Å². The van der Waals surface area contributed by atoms with E-state index in [0.717, 1.165) is 11.3 Å². The molecule has 0 saturated carbocycles. The van der Waals surface area contributed by atoms with Gasteiger partial charge in [-0.1, -0.05) is 18.5 Å². The fourth-order valence-corrected chi connectivity index (χ4v) is 1.54. The van der Waals surface area contributed by atoms with Gasteiger partial charge in [0.2, 0.25) is 6.08 Å². The number of aliphatic imine (C=N–C) groups is 1. The molecule has 0 aliphatic heterocycles. The fraction of sp³-hybridized carbons (Fsp3) is 0.364. The molecule has 1 aromatic carbocycles. The second-order valence-electron chi connectivity index (χ2n) is 3.22. The van der Waals surface area contributed by atoms with Crippen LogP contribution in [0.2, 0.25) is 5.02 Å². The number of hydrogen-bond donors (Lipinski definition) is 0. The van der Waals surface area contributed by atoms with Crippen LogP contribution in [0.25, 0.3) is 0 Å². The van der Waals surface area contributed by atoms with Crippen LogP contribution in [0.15, 0.2) is 23.2 Å². The highest BCUT2D eigenvalue weighted by Crippen LogP contribution is 2.29. The van der Waals surface area contributed by atoms with E-state index in [1.165, 1.54) is 6.08 Å². The molecule has 1 unspecified atom stereocenters. The second-order valence-corrected chi connectivity index (χ2v) is 3.66. The quantitative estimate of drug-likeness (QED) is 0.584. The van der Waals surface area contributed by atoms with E-state index in [-0.39, 0.29) is 5.92 Å². The van der Waals surface area contributed by atoms with Crippen molar-refractivity contribution in [3.63, 3.8) is 0 Å². The van der Waals surface area contributed by atoms with Crippen LogP contribution in [0.4, 0.5) is 0 Å². The van der Waals surface area contributed by atoms with Gasteiger partial charge < -0.3 is 4.74 Å². The zero-order valence-corrected chi connectivity index (χ0v) is 9.41. The standard InChI is InChI=1S/C11H12ClNO2/c1-8(6-13-7-14)10-5-9(12)3-4-11(10)15-2/h3-5,8H,6H2,1-2H3. The van der Waals surface area contributed by atoms with Gasteiger partial charge in [-0.25, -0.2) is 9.79 Å². The molecule has 15 heavy (non-hydrogen) atoms.